The quantitative estimate of drug-likeness (QED) is 0.521. The van der Waals surface area contributed by atoms with Crippen molar-refractivity contribution in [2.75, 3.05) is 7.11 Å². The fourth-order valence-corrected chi connectivity index (χ4v) is 0.464. The normalized spacial score (nSPS) is 8.08. The predicted octanol–water partition coefficient (Wildman–Crippen LogP) is 0.809. The van der Waals surface area contributed by atoms with E-state index in [0.29, 0.717) is 0 Å². The number of primary amides is 1. The lowest BCUT2D eigenvalue weighted by atomic mass is 10.3. The third kappa shape index (κ3) is 5.37. The Morgan fingerprint density at radius 2 is 1.62 bits per heavy atom. The fraction of sp³-hybridized carbons (Fsp3) is 0.125. The van der Waals surface area contributed by atoms with Gasteiger partial charge in [0.05, 0.1) is 7.11 Å². The van der Waals surface area contributed by atoms with Gasteiger partial charge in [-0.15, -0.1) is 0 Å². The van der Waals surface area contributed by atoms with Crippen molar-refractivity contribution < 1.29 is 19.7 Å². The number of nitrogens with two attached hydrogens (primary N) is 1. The van der Waals surface area contributed by atoms with Crippen molar-refractivity contribution in [1.29, 1.82) is 0 Å². The minimum Gasteiger partial charge on any atom is -0.504 e. The summed E-state index contributed by atoms with van der Waals surface area (Å²) in [6.07, 6.45) is -0.745. The molecule has 0 aliphatic rings. The third-order valence-electron chi connectivity index (χ3n) is 1.08. The number of phenolic OH excluding ortho intramolecular Hbond substituents is 2. The second kappa shape index (κ2) is 5.70. The van der Waals surface area contributed by atoms with Crippen LogP contribution in [0.4, 0.5) is 4.79 Å². The summed E-state index contributed by atoms with van der Waals surface area (Å²) in [6, 6.07) is 6.15. The van der Waals surface area contributed by atoms with Crippen LogP contribution in [-0.2, 0) is 4.74 Å². The SMILES string of the molecule is COC(N)=O.Oc1ccccc1O. The second-order valence-corrected chi connectivity index (χ2v) is 2.01. The molecule has 0 radical (unpaired) electrons. The maximum absolute atomic E-state index is 9.37. The van der Waals surface area contributed by atoms with Crippen LogP contribution in [0.2, 0.25) is 0 Å². The molecule has 1 rings (SSSR count). The maximum Gasteiger partial charge on any atom is 0.404 e. The van der Waals surface area contributed by atoms with Crippen molar-refractivity contribution >= 4 is 6.09 Å². The first-order chi connectivity index (χ1) is 6.07. The molecule has 0 spiro atoms. The highest BCUT2D eigenvalue weighted by Crippen LogP contribution is 2.21. The van der Waals surface area contributed by atoms with Crippen LogP contribution in [-0.4, -0.2) is 23.4 Å². The van der Waals surface area contributed by atoms with E-state index in [2.05, 4.69) is 10.5 Å². The third-order valence-corrected chi connectivity index (χ3v) is 1.08. The molecule has 0 aliphatic carbocycles. The zero-order valence-electron chi connectivity index (χ0n) is 7.10. The summed E-state index contributed by atoms with van der Waals surface area (Å²) >= 11 is 0. The van der Waals surface area contributed by atoms with E-state index in [4.69, 9.17) is 10.2 Å². The van der Waals surface area contributed by atoms with Crippen molar-refractivity contribution in [2.24, 2.45) is 5.73 Å². The van der Waals surface area contributed by atoms with E-state index in [9.17, 15) is 4.79 Å². The Hall–Kier alpha value is -1.91. The van der Waals surface area contributed by atoms with Gasteiger partial charge in [0.15, 0.2) is 11.5 Å². The van der Waals surface area contributed by atoms with Crippen LogP contribution in [0, 0.1) is 0 Å². The van der Waals surface area contributed by atoms with Crippen molar-refractivity contribution in [1.82, 2.24) is 0 Å². The Morgan fingerprint density at radius 3 is 1.77 bits per heavy atom. The standard InChI is InChI=1S/C6H6O2.C2H5NO2/c7-5-3-1-2-4-6(5)8;1-5-2(3)4/h1-4,7-8H;1H3,(H2,3,4). The first kappa shape index (κ1) is 11.1. The molecular weight excluding hydrogens is 174 g/mol. The van der Waals surface area contributed by atoms with Gasteiger partial charge in [-0.2, -0.15) is 0 Å². The van der Waals surface area contributed by atoms with Crippen LogP contribution in [0.5, 0.6) is 11.5 Å². The van der Waals surface area contributed by atoms with Gasteiger partial charge >= 0.3 is 6.09 Å². The smallest absolute Gasteiger partial charge is 0.404 e. The Labute approximate surface area is 75.4 Å². The Morgan fingerprint density at radius 1 is 1.31 bits per heavy atom. The zero-order valence-corrected chi connectivity index (χ0v) is 7.10. The first-order valence-corrected chi connectivity index (χ1v) is 3.38. The zero-order chi connectivity index (χ0) is 10.3. The predicted molar refractivity (Wildman–Crippen MR) is 46.4 cm³/mol. The lowest BCUT2D eigenvalue weighted by Crippen LogP contribution is -2.08. The van der Waals surface area contributed by atoms with Crippen LogP contribution >= 0.6 is 0 Å². The molecule has 0 unspecified atom stereocenters. The summed E-state index contributed by atoms with van der Waals surface area (Å²) in [5, 5.41) is 17.3. The van der Waals surface area contributed by atoms with Gasteiger partial charge < -0.3 is 20.7 Å². The highest BCUT2D eigenvalue weighted by molar-refractivity contribution is 5.64. The van der Waals surface area contributed by atoms with E-state index in [1.165, 1.54) is 19.2 Å². The van der Waals surface area contributed by atoms with Crippen molar-refractivity contribution in [2.45, 2.75) is 0 Å². The Kier molecular flexibility index (Phi) is 4.87. The van der Waals surface area contributed by atoms with Gasteiger partial charge in [-0.1, -0.05) is 12.1 Å². The lowest BCUT2D eigenvalue weighted by Gasteiger charge is -1.91. The molecule has 0 aromatic heterocycles. The van der Waals surface area contributed by atoms with Gasteiger partial charge in [0.2, 0.25) is 0 Å². The summed E-state index contributed by atoms with van der Waals surface area (Å²) in [5.41, 5.74) is 4.43. The van der Waals surface area contributed by atoms with E-state index in [-0.39, 0.29) is 11.5 Å². The molecule has 0 aliphatic heterocycles. The van der Waals surface area contributed by atoms with Crippen molar-refractivity contribution in [3.8, 4) is 11.5 Å². The number of para-hydroxylation sites is 2. The molecule has 0 bridgehead atoms. The molecule has 1 aromatic rings. The number of ether oxygens (including phenoxy) is 1. The van der Waals surface area contributed by atoms with E-state index in [1.54, 1.807) is 12.1 Å². The molecule has 72 valence electrons. The number of benzene rings is 1. The molecule has 5 heteroatoms. The number of hydrogen-bond acceptors (Lipinski definition) is 4. The van der Waals surface area contributed by atoms with Gasteiger partial charge in [0.1, 0.15) is 0 Å². The topological polar surface area (TPSA) is 92.8 Å². The molecule has 0 heterocycles. The molecular formula is C8H11NO4. The molecule has 0 saturated carbocycles. The average Bonchev–Trinajstić information content (AvgIpc) is 2.11. The van der Waals surface area contributed by atoms with Crippen LogP contribution in [0.1, 0.15) is 0 Å². The van der Waals surface area contributed by atoms with Crippen LogP contribution < -0.4 is 5.73 Å². The average molecular weight is 185 g/mol. The number of phenols is 2. The minimum atomic E-state index is -0.745. The van der Waals surface area contributed by atoms with Crippen LogP contribution in [0.3, 0.4) is 0 Å². The van der Waals surface area contributed by atoms with Crippen molar-refractivity contribution in [3.05, 3.63) is 24.3 Å². The summed E-state index contributed by atoms with van der Waals surface area (Å²) in [4.78, 5) is 9.37. The highest BCUT2D eigenvalue weighted by Gasteiger charge is 1.90. The molecule has 0 fully saturated rings. The van der Waals surface area contributed by atoms with Crippen LogP contribution in [0.25, 0.3) is 0 Å². The maximum atomic E-state index is 9.37. The number of hydrogen-bond donors (Lipinski definition) is 3. The van der Waals surface area contributed by atoms with Gasteiger partial charge in [0, 0.05) is 0 Å². The molecule has 1 aromatic carbocycles. The minimum absolute atomic E-state index is 0.0764. The number of aromatic hydroxyl groups is 2. The number of carbonyl (C=O) groups excluding carboxylic acids is 1. The molecule has 5 nitrogen and oxygen atoms in total. The summed E-state index contributed by atoms with van der Waals surface area (Å²) < 4.78 is 3.89. The number of methoxy groups -OCH3 is 1. The van der Waals surface area contributed by atoms with E-state index in [0.717, 1.165) is 0 Å². The fourth-order valence-electron chi connectivity index (χ4n) is 0.464. The molecule has 0 saturated heterocycles. The second-order valence-electron chi connectivity index (χ2n) is 2.01. The summed E-state index contributed by atoms with van der Waals surface area (Å²) in [7, 11) is 1.22. The number of amides is 1. The van der Waals surface area contributed by atoms with Gasteiger partial charge in [0.25, 0.3) is 0 Å². The van der Waals surface area contributed by atoms with Crippen molar-refractivity contribution in [3.63, 3.8) is 0 Å². The number of rotatable bonds is 0. The molecule has 13 heavy (non-hydrogen) atoms. The van der Waals surface area contributed by atoms with Gasteiger partial charge in [-0.05, 0) is 12.1 Å². The monoisotopic (exact) mass is 185 g/mol. The molecule has 0 atom stereocenters. The molecule has 4 N–H and O–H groups in total. The molecule has 1 amide bonds. The largest absolute Gasteiger partial charge is 0.504 e. The number of carbonyl (C=O) groups is 1. The Balaban J connectivity index is 0.000000252. The van der Waals surface area contributed by atoms with Gasteiger partial charge in [-0.3, -0.25) is 0 Å². The highest BCUT2D eigenvalue weighted by atomic mass is 16.5. The lowest BCUT2D eigenvalue weighted by molar-refractivity contribution is 0.182. The Bertz CT molecular complexity index is 254. The summed E-state index contributed by atoms with van der Waals surface area (Å²) in [5.74, 6) is -0.153. The van der Waals surface area contributed by atoms with E-state index < -0.39 is 6.09 Å². The van der Waals surface area contributed by atoms with E-state index >= 15 is 0 Å². The summed E-state index contributed by atoms with van der Waals surface area (Å²) in [6.45, 7) is 0. The first-order valence-electron chi connectivity index (χ1n) is 3.38. The van der Waals surface area contributed by atoms with E-state index in [1.807, 2.05) is 0 Å². The van der Waals surface area contributed by atoms with Gasteiger partial charge in [-0.25, -0.2) is 4.79 Å². The van der Waals surface area contributed by atoms with Crippen LogP contribution in [0.15, 0.2) is 24.3 Å².